The second kappa shape index (κ2) is 6.57. The minimum Gasteiger partial charge on any atom is -0.392 e. The van der Waals surface area contributed by atoms with Crippen molar-refractivity contribution in [3.8, 4) is 0 Å². The van der Waals surface area contributed by atoms with Gasteiger partial charge >= 0.3 is 0 Å². The van der Waals surface area contributed by atoms with Gasteiger partial charge in [0.2, 0.25) is 0 Å². The summed E-state index contributed by atoms with van der Waals surface area (Å²) in [6.45, 7) is 0. The maximum Gasteiger partial charge on any atom is 0.123 e. The molecule has 18 heavy (non-hydrogen) atoms. The van der Waals surface area contributed by atoms with Gasteiger partial charge in [0.25, 0.3) is 0 Å². The molecule has 94 valence electrons. The first-order valence-corrected chi connectivity index (χ1v) is 6.83. The summed E-state index contributed by atoms with van der Waals surface area (Å²) < 4.78 is 12.7. The molecule has 1 N–H and O–H groups in total. The molecule has 0 saturated heterocycles. The third kappa shape index (κ3) is 4.17. The summed E-state index contributed by atoms with van der Waals surface area (Å²) in [5.74, 6) is 0.379. The van der Waals surface area contributed by atoms with Gasteiger partial charge < -0.3 is 5.11 Å². The summed E-state index contributed by atoms with van der Waals surface area (Å²) in [7, 11) is 0. The molecule has 0 aliphatic heterocycles. The maximum absolute atomic E-state index is 12.7. The number of aliphatic hydroxyl groups excluding tert-OH is 1. The first kappa shape index (κ1) is 13.1. The number of thioether (sulfide) groups is 1. The maximum atomic E-state index is 12.7. The van der Waals surface area contributed by atoms with Crippen molar-refractivity contribution in [2.24, 2.45) is 0 Å². The molecule has 1 unspecified atom stereocenters. The lowest BCUT2D eigenvalue weighted by Gasteiger charge is -2.10. The highest BCUT2D eigenvalue weighted by Crippen LogP contribution is 2.20. The van der Waals surface area contributed by atoms with E-state index in [9.17, 15) is 9.50 Å². The molecule has 3 heteroatoms. The molecule has 2 rings (SSSR count). The number of rotatable bonds is 5. The average molecular weight is 262 g/mol. The molecule has 0 aliphatic carbocycles. The summed E-state index contributed by atoms with van der Waals surface area (Å²) in [5.41, 5.74) is 1.13. The summed E-state index contributed by atoms with van der Waals surface area (Å²) in [4.78, 5) is 0.975. The van der Waals surface area contributed by atoms with E-state index in [-0.39, 0.29) is 11.9 Å². The van der Waals surface area contributed by atoms with Crippen LogP contribution >= 0.6 is 11.8 Å². The van der Waals surface area contributed by atoms with Crippen LogP contribution in [0.2, 0.25) is 0 Å². The van der Waals surface area contributed by atoms with Gasteiger partial charge in [0.15, 0.2) is 0 Å². The number of benzene rings is 2. The highest BCUT2D eigenvalue weighted by molar-refractivity contribution is 7.99. The Bertz CT molecular complexity index is 470. The van der Waals surface area contributed by atoms with E-state index < -0.39 is 0 Å². The Morgan fingerprint density at radius 2 is 1.67 bits per heavy atom. The van der Waals surface area contributed by atoms with Crippen LogP contribution in [0.25, 0.3) is 0 Å². The van der Waals surface area contributed by atoms with E-state index in [0.29, 0.717) is 12.2 Å². The Kier molecular flexibility index (Phi) is 4.79. The second-order valence-corrected chi connectivity index (χ2v) is 5.20. The standard InChI is InChI=1S/C15H15FOS/c16-13-6-8-15(9-7-13)18-11-14(17)10-12-4-2-1-3-5-12/h1-9,14,17H,10-11H2. The Morgan fingerprint density at radius 3 is 2.33 bits per heavy atom. The van der Waals surface area contributed by atoms with Crippen molar-refractivity contribution in [1.82, 2.24) is 0 Å². The van der Waals surface area contributed by atoms with Gasteiger partial charge in [-0.15, -0.1) is 11.8 Å². The zero-order valence-electron chi connectivity index (χ0n) is 9.92. The first-order chi connectivity index (χ1) is 8.74. The highest BCUT2D eigenvalue weighted by atomic mass is 32.2. The summed E-state index contributed by atoms with van der Waals surface area (Å²) in [6, 6.07) is 16.2. The van der Waals surface area contributed by atoms with Crippen molar-refractivity contribution in [2.75, 3.05) is 5.75 Å². The van der Waals surface area contributed by atoms with E-state index in [2.05, 4.69) is 0 Å². The first-order valence-electron chi connectivity index (χ1n) is 5.84. The molecular weight excluding hydrogens is 247 g/mol. The van der Waals surface area contributed by atoms with Gasteiger partial charge in [-0.1, -0.05) is 30.3 Å². The van der Waals surface area contributed by atoms with E-state index in [1.54, 1.807) is 12.1 Å². The fourth-order valence-corrected chi connectivity index (χ4v) is 2.50. The molecular formula is C15H15FOS. The molecule has 1 nitrogen and oxygen atoms in total. The smallest absolute Gasteiger partial charge is 0.123 e. The minimum atomic E-state index is -0.387. The topological polar surface area (TPSA) is 20.2 Å². The molecule has 0 heterocycles. The summed E-state index contributed by atoms with van der Waals surface area (Å²) in [5, 5.41) is 9.92. The molecule has 0 amide bonds. The lowest BCUT2D eigenvalue weighted by Crippen LogP contribution is -2.13. The van der Waals surface area contributed by atoms with Gasteiger partial charge in [-0.05, 0) is 36.2 Å². The molecule has 1 atom stereocenters. The average Bonchev–Trinajstić information content (AvgIpc) is 2.39. The van der Waals surface area contributed by atoms with Crippen LogP contribution in [0, 0.1) is 5.82 Å². The zero-order chi connectivity index (χ0) is 12.8. The molecule has 2 aromatic rings. The quantitative estimate of drug-likeness (QED) is 0.832. The van der Waals surface area contributed by atoms with Gasteiger partial charge in [0, 0.05) is 10.6 Å². The molecule has 0 aliphatic rings. The van der Waals surface area contributed by atoms with Crippen molar-refractivity contribution in [3.63, 3.8) is 0 Å². The Balaban J connectivity index is 1.81. The van der Waals surface area contributed by atoms with Gasteiger partial charge in [-0.25, -0.2) is 4.39 Å². The number of halogens is 1. The SMILES string of the molecule is OC(CSc1ccc(F)cc1)Cc1ccccc1. The number of aliphatic hydroxyl groups is 1. The van der Waals surface area contributed by atoms with Crippen molar-refractivity contribution in [3.05, 3.63) is 66.0 Å². The normalized spacial score (nSPS) is 12.3. The lowest BCUT2D eigenvalue weighted by atomic mass is 10.1. The van der Waals surface area contributed by atoms with Crippen LogP contribution in [0.5, 0.6) is 0 Å². The molecule has 0 radical (unpaired) electrons. The third-order valence-corrected chi connectivity index (χ3v) is 3.73. The lowest BCUT2D eigenvalue weighted by molar-refractivity contribution is 0.200. The van der Waals surface area contributed by atoms with E-state index in [0.717, 1.165) is 10.5 Å². The van der Waals surface area contributed by atoms with Gasteiger partial charge in [0.1, 0.15) is 5.82 Å². The van der Waals surface area contributed by atoms with Crippen LogP contribution in [-0.4, -0.2) is 17.0 Å². The monoisotopic (exact) mass is 262 g/mol. The van der Waals surface area contributed by atoms with Crippen LogP contribution in [0.3, 0.4) is 0 Å². The van der Waals surface area contributed by atoms with Crippen LogP contribution in [0.1, 0.15) is 5.56 Å². The number of hydrogen-bond donors (Lipinski definition) is 1. The predicted octanol–water partition coefficient (Wildman–Crippen LogP) is 3.52. The number of hydrogen-bond acceptors (Lipinski definition) is 2. The second-order valence-electron chi connectivity index (χ2n) is 4.11. The van der Waals surface area contributed by atoms with Gasteiger partial charge in [-0.2, -0.15) is 0 Å². The fraction of sp³-hybridized carbons (Fsp3) is 0.200. The van der Waals surface area contributed by atoms with E-state index in [4.69, 9.17) is 0 Å². The van der Waals surface area contributed by atoms with E-state index >= 15 is 0 Å². The highest BCUT2D eigenvalue weighted by Gasteiger charge is 2.06. The largest absolute Gasteiger partial charge is 0.392 e. The molecule has 0 fully saturated rings. The molecule has 0 aromatic heterocycles. The van der Waals surface area contributed by atoms with Crippen molar-refractivity contribution in [2.45, 2.75) is 17.4 Å². The fourth-order valence-electron chi connectivity index (χ4n) is 1.67. The Labute approximate surface area is 111 Å². The molecule has 2 aromatic carbocycles. The minimum absolute atomic E-state index is 0.232. The van der Waals surface area contributed by atoms with Crippen LogP contribution in [0.4, 0.5) is 4.39 Å². The predicted molar refractivity (Wildman–Crippen MR) is 73.3 cm³/mol. The molecule has 0 bridgehead atoms. The van der Waals surface area contributed by atoms with E-state index in [1.165, 1.54) is 23.9 Å². The molecule has 0 spiro atoms. The van der Waals surface area contributed by atoms with Crippen LogP contribution in [-0.2, 0) is 6.42 Å². The van der Waals surface area contributed by atoms with Crippen molar-refractivity contribution in [1.29, 1.82) is 0 Å². The van der Waals surface area contributed by atoms with Crippen LogP contribution < -0.4 is 0 Å². The Morgan fingerprint density at radius 1 is 1.00 bits per heavy atom. The van der Waals surface area contributed by atoms with Gasteiger partial charge in [-0.3, -0.25) is 0 Å². The molecule has 0 saturated carbocycles. The van der Waals surface area contributed by atoms with E-state index in [1.807, 2.05) is 30.3 Å². The van der Waals surface area contributed by atoms with Crippen molar-refractivity contribution < 1.29 is 9.50 Å². The summed E-state index contributed by atoms with van der Waals surface area (Å²) >= 11 is 1.54. The van der Waals surface area contributed by atoms with Gasteiger partial charge in [0.05, 0.1) is 6.10 Å². The zero-order valence-corrected chi connectivity index (χ0v) is 10.7. The Hall–Kier alpha value is -1.32. The van der Waals surface area contributed by atoms with Crippen molar-refractivity contribution >= 4 is 11.8 Å². The summed E-state index contributed by atoms with van der Waals surface area (Å²) in [6.07, 6.45) is 0.261. The third-order valence-electron chi connectivity index (χ3n) is 2.57. The van der Waals surface area contributed by atoms with Crippen LogP contribution in [0.15, 0.2) is 59.5 Å².